The molecule has 20 heavy (non-hydrogen) atoms. The average Bonchev–Trinajstić information content (AvgIpc) is 2.52. The van der Waals surface area contributed by atoms with Gasteiger partial charge in [-0.25, -0.2) is 4.98 Å². The quantitative estimate of drug-likeness (QED) is 0.857. The molecule has 1 fully saturated rings. The Labute approximate surface area is 124 Å². The van der Waals surface area contributed by atoms with Crippen molar-refractivity contribution in [3.63, 3.8) is 0 Å². The van der Waals surface area contributed by atoms with E-state index < -0.39 is 0 Å². The highest BCUT2D eigenvalue weighted by atomic mass is 32.2. The molecule has 0 saturated carbocycles. The number of carbonyl (C=O) groups is 1. The summed E-state index contributed by atoms with van der Waals surface area (Å²) in [7, 11) is 0. The first-order valence-electron chi connectivity index (χ1n) is 6.83. The number of aromatic nitrogens is 1. The van der Waals surface area contributed by atoms with E-state index in [-0.39, 0.29) is 5.91 Å². The third-order valence-corrected chi connectivity index (χ3v) is 3.78. The van der Waals surface area contributed by atoms with Crippen LogP contribution in [0, 0.1) is 0 Å². The van der Waals surface area contributed by atoms with Crippen molar-refractivity contribution < 1.29 is 9.53 Å². The highest BCUT2D eigenvalue weighted by molar-refractivity contribution is 7.98. The van der Waals surface area contributed by atoms with Crippen LogP contribution in [-0.4, -0.2) is 49.2 Å². The molecular weight excluding hydrogens is 274 g/mol. The van der Waals surface area contributed by atoms with Gasteiger partial charge in [-0.05, 0) is 17.9 Å². The second-order valence-electron chi connectivity index (χ2n) is 4.64. The summed E-state index contributed by atoms with van der Waals surface area (Å²) in [5, 5.41) is 2.91. The fraction of sp³-hybridized carbons (Fsp3) is 0.571. The van der Waals surface area contributed by atoms with E-state index in [1.165, 1.54) is 0 Å². The molecule has 1 aliphatic rings. The molecule has 1 aromatic rings. The van der Waals surface area contributed by atoms with Gasteiger partial charge in [-0.15, -0.1) is 0 Å². The second-order valence-corrected chi connectivity index (χ2v) is 5.63. The van der Waals surface area contributed by atoms with Crippen molar-refractivity contribution in [2.24, 2.45) is 0 Å². The van der Waals surface area contributed by atoms with Gasteiger partial charge in [-0.1, -0.05) is 6.07 Å². The smallest absolute Gasteiger partial charge is 0.221 e. The molecule has 1 amide bonds. The van der Waals surface area contributed by atoms with Crippen molar-refractivity contribution in [3.8, 4) is 0 Å². The van der Waals surface area contributed by atoms with Gasteiger partial charge >= 0.3 is 0 Å². The molecule has 1 saturated heterocycles. The van der Waals surface area contributed by atoms with E-state index >= 15 is 0 Å². The number of nitrogens with zero attached hydrogens (tertiary/aromatic N) is 2. The molecule has 0 spiro atoms. The van der Waals surface area contributed by atoms with Gasteiger partial charge in [0.15, 0.2) is 0 Å². The molecule has 2 heterocycles. The Bertz CT molecular complexity index is 419. The van der Waals surface area contributed by atoms with Crippen molar-refractivity contribution in [1.82, 2.24) is 10.3 Å². The molecule has 0 aliphatic carbocycles. The molecule has 0 atom stereocenters. The van der Waals surface area contributed by atoms with E-state index in [1.807, 2.05) is 24.6 Å². The van der Waals surface area contributed by atoms with Gasteiger partial charge in [0.05, 0.1) is 13.2 Å². The van der Waals surface area contributed by atoms with Crippen LogP contribution >= 0.6 is 11.8 Å². The van der Waals surface area contributed by atoms with E-state index in [4.69, 9.17) is 4.74 Å². The van der Waals surface area contributed by atoms with Crippen molar-refractivity contribution in [3.05, 3.63) is 23.9 Å². The van der Waals surface area contributed by atoms with Gasteiger partial charge in [0.25, 0.3) is 0 Å². The molecule has 0 radical (unpaired) electrons. The Hall–Kier alpha value is -1.27. The summed E-state index contributed by atoms with van der Waals surface area (Å²) in [6.07, 6.45) is 4.40. The number of morpholine rings is 1. The Kier molecular flexibility index (Phi) is 6.14. The minimum absolute atomic E-state index is 0.0941. The Morgan fingerprint density at radius 3 is 2.90 bits per heavy atom. The maximum atomic E-state index is 11.5. The third-order valence-electron chi connectivity index (χ3n) is 3.17. The molecule has 0 unspecified atom stereocenters. The summed E-state index contributed by atoms with van der Waals surface area (Å²) in [5.41, 5.74) is 1.03. The van der Waals surface area contributed by atoms with Crippen LogP contribution in [0.2, 0.25) is 0 Å². The van der Waals surface area contributed by atoms with Crippen LogP contribution in [0.1, 0.15) is 12.0 Å². The lowest BCUT2D eigenvalue weighted by atomic mass is 10.2. The number of hydrogen-bond donors (Lipinski definition) is 1. The number of anilines is 1. The summed E-state index contributed by atoms with van der Waals surface area (Å²) in [5.74, 6) is 1.93. The van der Waals surface area contributed by atoms with E-state index in [2.05, 4.69) is 15.2 Å². The van der Waals surface area contributed by atoms with Crippen LogP contribution in [0.25, 0.3) is 0 Å². The fourth-order valence-corrected chi connectivity index (χ4v) is 2.37. The van der Waals surface area contributed by atoms with E-state index in [0.717, 1.165) is 43.4 Å². The Morgan fingerprint density at radius 2 is 2.25 bits per heavy atom. The lowest BCUT2D eigenvalue weighted by Gasteiger charge is -2.27. The molecule has 0 bridgehead atoms. The largest absolute Gasteiger partial charge is 0.378 e. The molecule has 1 aliphatic heterocycles. The van der Waals surface area contributed by atoms with Crippen molar-refractivity contribution in [2.45, 2.75) is 13.0 Å². The van der Waals surface area contributed by atoms with Gasteiger partial charge in [-0.3, -0.25) is 4.79 Å². The summed E-state index contributed by atoms with van der Waals surface area (Å²) in [6.45, 7) is 3.84. The molecule has 5 nitrogen and oxygen atoms in total. The van der Waals surface area contributed by atoms with Gasteiger partial charge in [0, 0.05) is 38.0 Å². The summed E-state index contributed by atoms with van der Waals surface area (Å²) >= 11 is 1.68. The SMILES string of the molecule is CSCCC(=O)NCc1ccc(N2CCOCC2)nc1. The minimum Gasteiger partial charge on any atom is -0.378 e. The van der Waals surface area contributed by atoms with E-state index in [0.29, 0.717) is 13.0 Å². The molecule has 2 rings (SSSR count). The summed E-state index contributed by atoms with van der Waals surface area (Å²) < 4.78 is 5.32. The van der Waals surface area contributed by atoms with Crippen molar-refractivity contribution in [2.75, 3.05) is 43.2 Å². The number of hydrogen-bond acceptors (Lipinski definition) is 5. The molecule has 110 valence electrons. The molecular formula is C14H21N3O2S. The first-order chi connectivity index (χ1) is 9.79. The standard InChI is InChI=1S/C14H21N3O2S/c1-20-9-4-14(18)16-11-12-2-3-13(15-10-12)17-5-7-19-8-6-17/h2-3,10H,4-9,11H2,1H3,(H,16,18). The van der Waals surface area contributed by atoms with E-state index in [9.17, 15) is 4.79 Å². The van der Waals surface area contributed by atoms with E-state index in [1.54, 1.807) is 11.8 Å². The monoisotopic (exact) mass is 295 g/mol. The Morgan fingerprint density at radius 1 is 1.45 bits per heavy atom. The lowest BCUT2D eigenvalue weighted by Crippen LogP contribution is -2.36. The number of pyridine rings is 1. The number of carbonyl (C=O) groups excluding carboxylic acids is 1. The van der Waals surface area contributed by atoms with Gasteiger partial charge in [0.1, 0.15) is 5.82 Å². The van der Waals surface area contributed by atoms with Crippen LogP contribution in [0.4, 0.5) is 5.82 Å². The normalized spacial score (nSPS) is 15.2. The Balaban J connectivity index is 1.80. The summed E-state index contributed by atoms with van der Waals surface area (Å²) in [6, 6.07) is 4.03. The van der Waals surface area contributed by atoms with Gasteiger partial charge in [-0.2, -0.15) is 11.8 Å². The molecule has 1 aromatic heterocycles. The highest BCUT2D eigenvalue weighted by Crippen LogP contribution is 2.12. The van der Waals surface area contributed by atoms with Crippen LogP contribution in [0.15, 0.2) is 18.3 Å². The predicted octanol–water partition coefficient (Wildman–Crippen LogP) is 1.29. The zero-order valence-electron chi connectivity index (χ0n) is 11.8. The number of rotatable bonds is 6. The number of amides is 1. The molecule has 0 aromatic carbocycles. The average molecular weight is 295 g/mol. The number of nitrogens with one attached hydrogen (secondary N) is 1. The first kappa shape index (κ1) is 15.1. The van der Waals surface area contributed by atoms with Crippen LogP contribution in [0.5, 0.6) is 0 Å². The van der Waals surface area contributed by atoms with Crippen LogP contribution in [-0.2, 0) is 16.1 Å². The predicted molar refractivity (Wildman–Crippen MR) is 82.1 cm³/mol. The zero-order valence-corrected chi connectivity index (χ0v) is 12.6. The highest BCUT2D eigenvalue weighted by Gasteiger charge is 2.11. The van der Waals surface area contributed by atoms with Crippen molar-refractivity contribution >= 4 is 23.5 Å². The summed E-state index contributed by atoms with van der Waals surface area (Å²) in [4.78, 5) is 18.2. The van der Waals surface area contributed by atoms with Crippen molar-refractivity contribution in [1.29, 1.82) is 0 Å². The minimum atomic E-state index is 0.0941. The van der Waals surface area contributed by atoms with Gasteiger partial charge < -0.3 is 15.0 Å². The van der Waals surface area contributed by atoms with Crippen LogP contribution in [0.3, 0.4) is 0 Å². The second kappa shape index (κ2) is 8.11. The fourth-order valence-electron chi connectivity index (χ4n) is 1.98. The number of ether oxygens (including phenoxy) is 1. The first-order valence-corrected chi connectivity index (χ1v) is 8.22. The third kappa shape index (κ3) is 4.68. The lowest BCUT2D eigenvalue weighted by molar-refractivity contribution is -0.120. The number of thioether (sulfide) groups is 1. The zero-order chi connectivity index (χ0) is 14.2. The van der Waals surface area contributed by atoms with Crippen LogP contribution < -0.4 is 10.2 Å². The topological polar surface area (TPSA) is 54.5 Å². The van der Waals surface area contributed by atoms with Gasteiger partial charge in [0.2, 0.25) is 5.91 Å². The molecule has 6 heteroatoms. The maximum Gasteiger partial charge on any atom is 0.221 e. The molecule has 1 N–H and O–H groups in total. The maximum absolute atomic E-state index is 11.5.